The van der Waals surface area contributed by atoms with Gasteiger partial charge < -0.3 is 19.5 Å². The summed E-state index contributed by atoms with van der Waals surface area (Å²) in [4.78, 5) is 30.2. The first-order chi connectivity index (χ1) is 20.4. The summed E-state index contributed by atoms with van der Waals surface area (Å²) in [6, 6.07) is 10.1. The minimum Gasteiger partial charge on any atom is -0.490 e. The van der Waals surface area contributed by atoms with Crippen molar-refractivity contribution in [2.24, 2.45) is 0 Å². The zero-order valence-electron chi connectivity index (χ0n) is 24.3. The number of halogens is 3. The molecule has 2 aromatic heterocycles. The standard InChI is InChI=1S/C31H32F3N5O4/c1-19-7-8-26(28-21(3)14-37-30(38-28)42-4)23(11-19)18-39(17-22-10-20(2)12-24(13-22)31(32,33)34)29-35-15-25(16-36-29)43-9-5-6-27(40)41/h7-8,10-16H,5-6,9,17-18H2,1-4H3,(H,40,41). The Kier molecular flexibility index (Phi) is 9.79. The molecule has 0 radical (unpaired) electrons. The van der Waals surface area contributed by atoms with E-state index in [-0.39, 0.29) is 38.1 Å². The molecule has 0 atom stereocenters. The monoisotopic (exact) mass is 595 g/mol. The molecule has 1 N–H and O–H groups in total. The SMILES string of the molecule is COc1ncc(C)c(-c2ccc(C)cc2CN(Cc2cc(C)cc(C(F)(F)F)c2)c2ncc(OCCCC(=O)O)cn2)n1. The number of carboxylic acid groups (broad SMARTS) is 1. The Hall–Kier alpha value is -4.74. The number of nitrogens with zero attached hydrogens (tertiary/aromatic N) is 5. The Balaban J connectivity index is 1.72. The van der Waals surface area contributed by atoms with Crippen LogP contribution in [-0.4, -0.2) is 44.7 Å². The molecule has 226 valence electrons. The van der Waals surface area contributed by atoms with Crippen LogP contribution in [0.3, 0.4) is 0 Å². The van der Waals surface area contributed by atoms with E-state index in [4.69, 9.17) is 14.6 Å². The van der Waals surface area contributed by atoms with Crippen molar-refractivity contribution in [1.29, 1.82) is 0 Å². The van der Waals surface area contributed by atoms with Crippen molar-refractivity contribution in [1.82, 2.24) is 19.9 Å². The van der Waals surface area contributed by atoms with Crippen LogP contribution in [-0.2, 0) is 24.1 Å². The van der Waals surface area contributed by atoms with Crippen LogP contribution in [0.1, 0.15) is 46.2 Å². The molecule has 0 amide bonds. The number of aromatic nitrogens is 4. The normalized spacial score (nSPS) is 11.3. The first-order valence-corrected chi connectivity index (χ1v) is 13.5. The van der Waals surface area contributed by atoms with Crippen LogP contribution in [0.5, 0.6) is 11.8 Å². The average Bonchev–Trinajstić information content (AvgIpc) is 2.95. The summed E-state index contributed by atoms with van der Waals surface area (Å²) in [5.41, 5.74) is 4.34. The van der Waals surface area contributed by atoms with Crippen molar-refractivity contribution in [3.05, 3.63) is 88.4 Å². The first kappa shape index (κ1) is 31.2. The number of hydrogen-bond acceptors (Lipinski definition) is 8. The van der Waals surface area contributed by atoms with Gasteiger partial charge in [0.15, 0.2) is 5.75 Å². The first-order valence-electron chi connectivity index (χ1n) is 13.5. The molecule has 2 heterocycles. The third-order valence-electron chi connectivity index (χ3n) is 6.55. The molecule has 9 nitrogen and oxygen atoms in total. The highest BCUT2D eigenvalue weighted by molar-refractivity contribution is 5.68. The number of hydrogen-bond donors (Lipinski definition) is 1. The third kappa shape index (κ3) is 8.40. The number of anilines is 1. The highest BCUT2D eigenvalue weighted by atomic mass is 19.4. The molecule has 0 unspecified atom stereocenters. The van der Waals surface area contributed by atoms with Crippen LogP contribution in [0.2, 0.25) is 0 Å². The predicted octanol–water partition coefficient (Wildman–Crippen LogP) is 6.34. The summed E-state index contributed by atoms with van der Waals surface area (Å²) in [6.45, 7) is 5.98. The molecule has 2 aromatic carbocycles. The molecule has 0 saturated heterocycles. The van der Waals surface area contributed by atoms with Gasteiger partial charge in [0.05, 0.1) is 37.4 Å². The van der Waals surface area contributed by atoms with E-state index in [0.717, 1.165) is 34.4 Å². The maximum absolute atomic E-state index is 13.6. The average molecular weight is 596 g/mol. The third-order valence-corrected chi connectivity index (χ3v) is 6.55. The molecule has 0 aliphatic heterocycles. The van der Waals surface area contributed by atoms with Gasteiger partial charge in [-0.25, -0.2) is 15.0 Å². The van der Waals surface area contributed by atoms with Crippen LogP contribution in [0, 0.1) is 20.8 Å². The van der Waals surface area contributed by atoms with E-state index in [1.165, 1.54) is 19.5 Å². The van der Waals surface area contributed by atoms with Gasteiger partial charge in [0.25, 0.3) is 0 Å². The summed E-state index contributed by atoms with van der Waals surface area (Å²) >= 11 is 0. The van der Waals surface area contributed by atoms with Gasteiger partial charge in [-0.05, 0) is 56.0 Å². The van der Waals surface area contributed by atoms with Crippen LogP contribution in [0.15, 0.2) is 55.0 Å². The second-order valence-corrected chi connectivity index (χ2v) is 10.2. The van der Waals surface area contributed by atoms with Gasteiger partial charge in [-0.3, -0.25) is 4.79 Å². The molecule has 0 aliphatic carbocycles. The molecule has 12 heteroatoms. The van der Waals surface area contributed by atoms with E-state index in [0.29, 0.717) is 29.0 Å². The van der Waals surface area contributed by atoms with Crippen molar-refractivity contribution in [3.8, 4) is 23.0 Å². The number of aryl methyl sites for hydroxylation is 3. The van der Waals surface area contributed by atoms with Gasteiger partial charge in [-0.15, -0.1) is 0 Å². The minimum atomic E-state index is -4.49. The molecule has 4 rings (SSSR count). The lowest BCUT2D eigenvalue weighted by Gasteiger charge is -2.25. The lowest BCUT2D eigenvalue weighted by molar-refractivity contribution is -0.138. The molecule has 0 fully saturated rings. The zero-order valence-corrected chi connectivity index (χ0v) is 24.3. The summed E-state index contributed by atoms with van der Waals surface area (Å²) in [7, 11) is 1.49. The zero-order chi connectivity index (χ0) is 31.1. The van der Waals surface area contributed by atoms with E-state index in [1.807, 2.05) is 32.0 Å². The minimum absolute atomic E-state index is 0.0281. The number of alkyl halides is 3. The van der Waals surface area contributed by atoms with E-state index in [9.17, 15) is 18.0 Å². The number of methoxy groups -OCH3 is 1. The Morgan fingerprint density at radius 3 is 2.37 bits per heavy atom. The van der Waals surface area contributed by atoms with Gasteiger partial charge in [-0.2, -0.15) is 18.2 Å². The summed E-state index contributed by atoms with van der Waals surface area (Å²) in [5.74, 6) is -0.289. The highest BCUT2D eigenvalue weighted by Gasteiger charge is 2.31. The molecular formula is C31H32F3N5O4. The van der Waals surface area contributed by atoms with Crippen molar-refractivity contribution < 1.29 is 32.5 Å². The van der Waals surface area contributed by atoms with Gasteiger partial charge in [0.1, 0.15) is 0 Å². The van der Waals surface area contributed by atoms with Crippen LogP contribution in [0.25, 0.3) is 11.3 Å². The number of ether oxygens (including phenoxy) is 2. The number of rotatable bonds is 12. The van der Waals surface area contributed by atoms with Crippen LogP contribution < -0.4 is 14.4 Å². The van der Waals surface area contributed by atoms with Gasteiger partial charge in [0, 0.05) is 31.3 Å². The Morgan fingerprint density at radius 1 is 0.953 bits per heavy atom. The Bertz CT molecular complexity index is 1580. The highest BCUT2D eigenvalue weighted by Crippen LogP contribution is 2.33. The largest absolute Gasteiger partial charge is 0.490 e. The summed E-state index contributed by atoms with van der Waals surface area (Å²) < 4.78 is 51.8. The maximum Gasteiger partial charge on any atom is 0.416 e. The second kappa shape index (κ2) is 13.5. The molecule has 43 heavy (non-hydrogen) atoms. The number of carboxylic acids is 1. The topological polar surface area (TPSA) is 111 Å². The molecule has 0 aliphatic rings. The lowest BCUT2D eigenvalue weighted by Crippen LogP contribution is -2.25. The van der Waals surface area contributed by atoms with E-state index < -0.39 is 17.7 Å². The second-order valence-electron chi connectivity index (χ2n) is 10.2. The van der Waals surface area contributed by atoms with Crippen LogP contribution in [0.4, 0.5) is 19.1 Å². The lowest BCUT2D eigenvalue weighted by atomic mass is 9.98. The summed E-state index contributed by atoms with van der Waals surface area (Å²) in [5, 5.41) is 8.82. The van der Waals surface area contributed by atoms with Crippen molar-refractivity contribution >= 4 is 11.9 Å². The van der Waals surface area contributed by atoms with Gasteiger partial charge >= 0.3 is 18.2 Å². The molecule has 0 saturated carbocycles. The van der Waals surface area contributed by atoms with E-state index >= 15 is 0 Å². The number of benzene rings is 2. The van der Waals surface area contributed by atoms with E-state index in [2.05, 4.69) is 19.9 Å². The molecule has 4 aromatic rings. The Morgan fingerprint density at radius 2 is 1.70 bits per heavy atom. The smallest absolute Gasteiger partial charge is 0.416 e. The molecule has 0 spiro atoms. The van der Waals surface area contributed by atoms with Gasteiger partial charge in [-0.1, -0.05) is 35.4 Å². The van der Waals surface area contributed by atoms with E-state index in [1.54, 1.807) is 24.1 Å². The fraction of sp³-hybridized carbons (Fsp3) is 0.323. The van der Waals surface area contributed by atoms with Crippen molar-refractivity contribution in [2.45, 2.75) is 52.9 Å². The quantitative estimate of drug-likeness (QED) is 0.188. The fourth-order valence-corrected chi connectivity index (χ4v) is 4.58. The molecule has 0 bridgehead atoms. The predicted molar refractivity (Wildman–Crippen MR) is 154 cm³/mol. The fourth-order valence-electron chi connectivity index (χ4n) is 4.58. The number of aliphatic carboxylic acids is 1. The summed E-state index contributed by atoms with van der Waals surface area (Å²) in [6.07, 6.45) is 0.399. The van der Waals surface area contributed by atoms with Crippen molar-refractivity contribution in [2.75, 3.05) is 18.6 Å². The van der Waals surface area contributed by atoms with Gasteiger partial charge in [0.2, 0.25) is 5.95 Å². The molecular weight excluding hydrogens is 563 g/mol. The number of carbonyl (C=O) groups is 1. The maximum atomic E-state index is 13.6. The van der Waals surface area contributed by atoms with Crippen LogP contribution >= 0.6 is 0 Å². The van der Waals surface area contributed by atoms with Crippen molar-refractivity contribution in [3.63, 3.8) is 0 Å². The Labute approximate surface area is 247 Å².